The predicted octanol–water partition coefficient (Wildman–Crippen LogP) is -2.79. The van der Waals surface area contributed by atoms with Crippen molar-refractivity contribution in [2.45, 2.75) is 24.5 Å². The van der Waals surface area contributed by atoms with E-state index < -0.39 is 39.0 Å². The van der Waals surface area contributed by atoms with E-state index in [9.17, 15) is 14.8 Å². The Labute approximate surface area is 164 Å². The molecule has 0 aromatic carbocycles. The van der Waals surface area contributed by atoms with Crippen molar-refractivity contribution in [2.75, 3.05) is 6.61 Å². The summed E-state index contributed by atoms with van der Waals surface area (Å²) in [5.74, 6) is 0. The first kappa shape index (κ1) is 22.6. The normalized spacial score (nSPS) is 26.2. The van der Waals surface area contributed by atoms with Gasteiger partial charge in [0.1, 0.15) is 30.2 Å². The summed E-state index contributed by atoms with van der Waals surface area (Å²) in [6, 6.07) is 0. The van der Waals surface area contributed by atoms with Gasteiger partial charge in [0.25, 0.3) is 0 Å². The first-order valence-corrected chi connectivity index (χ1v) is 7.97. The van der Waals surface area contributed by atoms with Crippen molar-refractivity contribution in [3.63, 3.8) is 0 Å². The standard InChI is InChI=1S/C10H14N5O7P.2Li/c11-8-5-9(13-2-12-5)15(3-14-8)10-7(17)6(16)4(22-10)1-21-23(18,19)20;;/h2-4,6-7,10-11,16-17H,1H2,(H,12,13)(H2,18,19,20);;/t4-,6-,7-,10-;;/m1../s1. The van der Waals surface area contributed by atoms with Crippen molar-refractivity contribution in [3.8, 4) is 0 Å². The molecule has 0 saturated carbocycles. The van der Waals surface area contributed by atoms with Gasteiger partial charge >= 0.3 is 7.82 Å². The Hall–Kier alpha value is -0.465. The van der Waals surface area contributed by atoms with Crippen LogP contribution in [0, 0.1) is 5.41 Å². The molecule has 6 N–H and O–H groups in total. The van der Waals surface area contributed by atoms with E-state index in [2.05, 4.69) is 19.5 Å². The molecule has 2 aromatic rings. The Bertz CT molecular complexity index is 825. The van der Waals surface area contributed by atoms with Crippen molar-refractivity contribution >= 4 is 56.7 Å². The van der Waals surface area contributed by atoms with Gasteiger partial charge in [0.05, 0.1) is 12.9 Å². The molecule has 0 spiro atoms. The third-order valence-electron chi connectivity index (χ3n) is 3.43. The maximum atomic E-state index is 10.7. The molecule has 15 heteroatoms. The third-order valence-corrected chi connectivity index (χ3v) is 3.92. The van der Waals surface area contributed by atoms with Crippen LogP contribution in [-0.4, -0.2) is 102 Å². The fourth-order valence-corrected chi connectivity index (χ4v) is 2.69. The summed E-state index contributed by atoms with van der Waals surface area (Å²) in [5, 5.41) is 27.7. The number of hydrogen-bond acceptors (Lipinski definition) is 8. The van der Waals surface area contributed by atoms with Gasteiger partial charge < -0.3 is 29.7 Å². The van der Waals surface area contributed by atoms with Crippen LogP contribution in [0.15, 0.2) is 12.7 Å². The largest absolute Gasteiger partial charge is 0.469 e. The summed E-state index contributed by atoms with van der Waals surface area (Å²) in [5.41, 5.74) is 0.536. The third kappa shape index (κ3) is 4.63. The molecule has 1 aliphatic heterocycles. The van der Waals surface area contributed by atoms with E-state index in [-0.39, 0.29) is 48.9 Å². The van der Waals surface area contributed by atoms with E-state index in [0.717, 1.165) is 0 Å². The summed E-state index contributed by atoms with van der Waals surface area (Å²) in [6.45, 7) is -0.604. The van der Waals surface area contributed by atoms with Gasteiger partial charge in [-0.2, -0.15) is 0 Å². The average molecular weight is 361 g/mol. The molecule has 2 radical (unpaired) electrons. The number of nitrogens with one attached hydrogen (secondary N) is 2. The van der Waals surface area contributed by atoms with E-state index >= 15 is 0 Å². The van der Waals surface area contributed by atoms with Crippen LogP contribution < -0.4 is 5.49 Å². The van der Waals surface area contributed by atoms with E-state index in [0.29, 0.717) is 5.52 Å². The second-order valence-electron chi connectivity index (χ2n) is 4.93. The molecular weight excluding hydrogens is 347 g/mol. The Morgan fingerprint density at radius 3 is 2.64 bits per heavy atom. The van der Waals surface area contributed by atoms with E-state index in [1.54, 1.807) is 0 Å². The van der Waals surface area contributed by atoms with Crippen molar-refractivity contribution < 1.29 is 33.8 Å². The van der Waals surface area contributed by atoms with Crippen LogP contribution in [-0.2, 0) is 13.8 Å². The number of hydrogen-bond donors (Lipinski definition) is 6. The summed E-state index contributed by atoms with van der Waals surface area (Å²) in [7, 11) is -4.73. The number of imidazole rings is 1. The van der Waals surface area contributed by atoms with Crippen molar-refractivity contribution in [1.29, 1.82) is 5.41 Å². The van der Waals surface area contributed by atoms with E-state index in [1.807, 2.05) is 0 Å². The van der Waals surface area contributed by atoms with Gasteiger partial charge in [-0.05, 0) is 0 Å². The molecule has 0 bridgehead atoms. The smallest absolute Gasteiger partial charge is 0.387 e. The number of rotatable bonds is 4. The SMILES string of the molecule is N=c1ncn([C@@H]2O[C@H](COP(=O)(O)O)[C@@H](O)[C@H]2O)c2nc[nH]c12.[Li].[Li]. The Morgan fingerprint density at radius 2 is 2.00 bits per heavy atom. The second kappa shape index (κ2) is 8.48. The molecule has 1 fully saturated rings. The van der Waals surface area contributed by atoms with Crippen molar-refractivity contribution in [1.82, 2.24) is 19.5 Å². The van der Waals surface area contributed by atoms with E-state index in [4.69, 9.17) is 19.9 Å². The molecule has 0 unspecified atom stereocenters. The molecule has 1 aliphatic rings. The molecule has 25 heavy (non-hydrogen) atoms. The molecule has 0 aliphatic carbocycles. The van der Waals surface area contributed by atoms with Crippen molar-refractivity contribution in [3.05, 3.63) is 18.1 Å². The molecular formula is C10H14Li2N5O7P. The number of phosphoric acid groups is 1. The Kier molecular flexibility index (Phi) is 7.66. The minimum atomic E-state index is -4.73. The van der Waals surface area contributed by atoms with Crippen LogP contribution in [0.25, 0.3) is 11.2 Å². The number of aliphatic hydroxyl groups is 2. The van der Waals surface area contributed by atoms with Crippen LogP contribution >= 0.6 is 7.82 Å². The number of fused-ring (bicyclic) bond motifs is 1. The summed E-state index contributed by atoms with van der Waals surface area (Å²) in [4.78, 5) is 28.0. The number of H-pyrrole nitrogens is 1. The van der Waals surface area contributed by atoms with E-state index in [1.165, 1.54) is 17.2 Å². The number of ether oxygens (including phenoxy) is 1. The number of aromatic nitrogens is 4. The summed E-state index contributed by atoms with van der Waals surface area (Å²) >= 11 is 0. The molecule has 3 heterocycles. The molecule has 128 valence electrons. The zero-order valence-electron chi connectivity index (χ0n) is 13.5. The van der Waals surface area contributed by atoms with Crippen molar-refractivity contribution in [2.24, 2.45) is 0 Å². The maximum Gasteiger partial charge on any atom is 0.469 e. The Morgan fingerprint density at radius 1 is 1.32 bits per heavy atom. The fourth-order valence-electron chi connectivity index (χ4n) is 2.35. The second-order valence-corrected chi connectivity index (χ2v) is 6.17. The van der Waals surface area contributed by atoms with Crippen LogP contribution in [0.1, 0.15) is 6.23 Å². The Balaban J connectivity index is 0.00000156. The first-order chi connectivity index (χ1) is 10.8. The minimum absolute atomic E-state index is 0. The molecule has 3 rings (SSSR count). The average Bonchev–Trinajstić information content (AvgIpc) is 3.06. The van der Waals surface area contributed by atoms with Gasteiger partial charge in [-0.1, -0.05) is 0 Å². The first-order valence-electron chi connectivity index (χ1n) is 6.44. The van der Waals surface area contributed by atoms with Crippen LogP contribution in [0.4, 0.5) is 0 Å². The zero-order valence-corrected chi connectivity index (χ0v) is 14.4. The van der Waals surface area contributed by atoms with Crippen LogP contribution in [0.3, 0.4) is 0 Å². The minimum Gasteiger partial charge on any atom is -0.387 e. The number of aliphatic hydroxyl groups excluding tert-OH is 2. The van der Waals surface area contributed by atoms with Gasteiger partial charge in [0.2, 0.25) is 0 Å². The maximum absolute atomic E-state index is 10.7. The monoisotopic (exact) mass is 361 g/mol. The van der Waals surface area contributed by atoms with Gasteiger partial charge in [-0.3, -0.25) is 14.5 Å². The van der Waals surface area contributed by atoms with Gasteiger partial charge in [0, 0.05) is 37.7 Å². The topological polar surface area (TPSA) is 187 Å². The molecule has 0 amide bonds. The van der Waals surface area contributed by atoms with Crippen LogP contribution in [0.5, 0.6) is 0 Å². The summed E-state index contributed by atoms with van der Waals surface area (Å²) in [6.07, 6.45) is -2.52. The molecule has 4 atom stereocenters. The molecule has 1 saturated heterocycles. The van der Waals surface area contributed by atoms with Gasteiger partial charge in [-0.15, -0.1) is 0 Å². The predicted molar refractivity (Wildman–Crippen MR) is 83.2 cm³/mol. The number of aromatic amines is 1. The quantitative estimate of drug-likeness (QED) is 0.247. The molecule has 2 aromatic heterocycles. The number of phosphoric ester groups is 1. The molecule has 12 nitrogen and oxygen atoms in total. The van der Waals surface area contributed by atoms with Crippen LogP contribution in [0.2, 0.25) is 0 Å². The fraction of sp³-hybridized carbons (Fsp3) is 0.500. The van der Waals surface area contributed by atoms with Gasteiger partial charge in [0.15, 0.2) is 17.4 Å². The zero-order chi connectivity index (χ0) is 16.8. The number of nitrogens with zero attached hydrogens (tertiary/aromatic N) is 3. The van der Waals surface area contributed by atoms with Gasteiger partial charge in [-0.25, -0.2) is 14.5 Å². The summed E-state index contributed by atoms with van der Waals surface area (Å²) < 4.78 is 21.8.